The van der Waals surface area contributed by atoms with Crippen LogP contribution in [0.2, 0.25) is 0 Å². The minimum Gasteiger partial charge on any atom is -0.450 e. The molecule has 11 heteroatoms. The van der Waals surface area contributed by atoms with Gasteiger partial charge in [-0.15, -0.1) is 0 Å². The number of carbonyl (C=O) groups is 1. The Kier molecular flexibility index (Phi) is 7.27. The molecule has 1 aromatic carbocycles. The molecule has 3 rings (SSSR count). The summed E-state index contributed by atoms with van der Waals surface area (Å²) in [5.41, 5.74) is 0.936. The molecule has 0 bridgehead atoms. The van der Waals surface area contributed by atoms with Crippen LogP contribution in [0.5, 0.6) is 0 Å². The molecule has 1 N–H and O–H groups in total. The Bertz CT molecular complexity index is 1240. The lowest BCUT2D eigenvalue weighted by Gasteiger charge is -2.02. The van der Waals surface area contributed by atoms with E-state index in [9.17, 15) is 18.5 Å². The van der Waals surface area contributed by atoms with Crippen LogP contribution in [-0.4, -0.2) is 28.9 Å². The minimum atomic E-state index is -3.65. The number of benzene rings is 1. The van der Waals surface area contributed by atoms with E-state index in [0.717, 1.165) is 22.8 Å². The van der Waals surface area contributed by atoms with Gasteiger partial charge in [0.1, 0.15) is 17.4 Å². The van der Waals surface area contributed by atoms with Gasteiger partial charge < -0.3 is 4.42 Å². The quantitative estimate of drug-likeness (QED) is 0.293. The first-order chi connectivity index (χ1) is 14.8. The number of sulfone groups is 1. The molecule has 8 nitrogen and oxygen atoms in total. The maximum Gasteiger partial charge on any atom is 0.268 e. The van der Waals surface area contributed by atoms with Crippen LogP contribution in [0.25, 0.3) is 6.08 Å². The predicted molar refractivity (Wildman–Crippen MR) is 119 cm³/mol. The van der Waals surface area contributed by atoms with Gasteiger partial charge in [-0.3, -0.25) is 10.1 Å². The Morgan fingerprint density at radius 3 is 2.71 bits per heavy atom. The summed E-state index contributed by atoms with van der Waals surface area (Å²) < 4.78 is 33.6. The highest BCUT2D eigenvalue weighted by molar-refractivity contribution is 7.98. The van der Waals surface area contributed by atoms with E-state index in [1.165, 1.54) is 31.7 Å². The van der Waals surface area contributed by atoms with Crippen LogP contribution in [0.15, 0.2) is 62.7 Å². The van der Waals surface area contributed by atoms with Crippen molar-refractivity contribution >= 4 is 50.2 Å². The average Bonchev–Trinajstić information content (AvgIpc) is 3.41. The van der Waals surface area contributed by atoms with E-state index in [1.54, 1.807) is 12.1 Å². The lowest BCUT2D eigenvalue weighted by atomic mass is 10.2. The van der Waals surface area contributed by atoms with Gasteiger partial charge in [-0.25, -0.2) is 8.42 Å². The SMILES string of the molecule is CC(C)S(=O)(=O)c1nsc(NC(=O)/C(C#N)=C\c2ccc(SCc3ccccc3)o2)n1. The van der Waals surface area contributed by atoms with Crippen molar-refractivity contribution < 1.29 is 17.6 Å². The summed E-state index contributed by atoms with van der Waals surface area (Å²) in [5.74, 6) is 0.339. The van der Waals surface area contributed by atoms with Gasteiger partial charge in [-0.05, 0) is 31.5 Å². The summed E-state index contributed by atoms with van der Waals surface area (Å²) in [6, 6.07) is 15.1. The zero-order chi connectivity index (χ0) is 22.4. The average molecular weight is 475 g/mol. The third kappa shape index (κ3) is 5.81. The number of thioether (sulfide) groups is 1. The molecule has 0 radical (unpaired) electrons. The van der Waals surface area contributed by atoms with Gasteiger partial charge in [0.15, 0.2) is 5.09 Å². The number of carbonyl (C=O) groups excluding carboxylic acids is 1. The molecular weight excluding hydrogens is 456 g/mol. The van der Waals surface area contributed by atoms with Gasteiger partial charge in [-0.1, -0.05) is 42.1 Å². The van der Waals surface area contributed by atoms with Crippen molar-refractivity contribution in [2.45, 2.75) is 35.1 Å². The molecule has 0 aliphatic rings. The summed E-state index contributed by atoms with van der Waals surface area (Å²) in [5, 5.41) is 11.4. The van der Waals surface area contributed by atoms with Crippen molar-refractivity contribution in [2.24, 2.45) is 0 Å². The maximum atomic E-state index is 12.4. The minimum absolute atomic E-state index is 0.0103. The van der Waals surface area contributed by atoms with E-state index in [0.29, 0.717) is 10.9 Å². The monoisotopic (exact) mass is 474 g/mol. The van der Waals surface area contributed by atoms with E-state index in [4.69, 9.17) is 4.42 Å². The fourth-order valence-corrected chi connectivity index (χ4v) is 4.78. The summed E-state index contributed by atoms with van der Waals surface area (Å²) in [4.78, 5) is 16.2. The number of rotatable bonds is 8. The van der Waals surface area contributed by atoms with Crippen molar-refractivity contribution in [1.82, 2.24) is 9.36 Å². The van der Waals surface area contributed by atoms with E-state index < -0.39 is 21.0 Å². The van der Waals surface area contributed by atoms with Gasteiger partial charge in [0.25, 0.3) is 11.1 Å². The molecule has 0 saturated carbocycles. The van der Waals surface area contributed by atoms with Crippen LogP contribution in [0, 0.1) is 11.3 Å². The normalized spacial score (nSPS) is 12.0. The molecule has 2 aromatic heterocycles. The number of nitrogens with zero attached hydrogens (tertiary/aromatic N) is 3. The molecule has 31 heavy (non-hydrogen) atoms. The van der Waals surface area contributed by atoms with Crippen LogP contribution >= 0.6 is 23.3 Å². The van der Waals surface area contributed by atoms with Crippen molar-refractivity contribution in [3.8, 4) is 6.07 Å². The molecule has 0 aliphatic carbocycles. The fourth-order valence-electron chi connectivity index (χ4n) is 2.26. The van der Waals surface area contributed by atoms with Crippen LogP contribution in [0.1, 0.15) is 25.2 Å². The molecule has 3 aromatic rings. The smallest absolute Gasteiger partial charge is 0.268 e. The Morgan fingerprint density at radius 1 is 1.29 bits per heavy atom. The number of amides is 1. The molecule has 0 aliphatic heterocycles. The number of nitriles is 1. The van der Waals surface area contributed by atoms with E-state index >= 15 is 0 Å². The third-order valence-electron chi connectivity index (χ3n) is 3.98. The maximum absolute atomic E-state index is 12.4. The second-order valence-corrected chi connectivity index (χ2v) is 10.7. The molecule has 0 atom stereocenters. The van der Waals surface area contributed by atoms with Crippen molar-refractivity contribution in [3.63, 3.8) is 0 Å². The molecule has 2 heterocycles. The van der Waals surface area contributed by atoms with E-state index in [2.05, 4.69) is 14.7 Å². The Hall–Kier alpha value is -2.94. The third-order valence-corrected chi connectivity index (χ3v) is 7.64. The highest BCUT2D eigenvalue weighted by Crippen LogP contribution is 2.26. The van der Waals surface area contributed by atoms with Gasteiger partial charge >= 0.3 is 0 Å². The summed E-state index contributed by atoms with van der Waals surface area (Å²) in [7, 11) is -3.65. The first-order valence-electron chi connectivity index (χ1n) is 9.07. The fraction of sp³-hybridized carbons (Fsp3) is 0.200. The first-order valence-corrected chi connectivity index (χ1v) is 12.4. The molecule has 160 valence electrons. The van der Waals surface area contributed by atoms with E-state index in [1.807, 2.05) is 36.4 Å². The summed E-state index contributed by atoms with van der Waals surface area (Å²) >= 11 is 2.22. The van der Waals surface area contributed by atoms with Crippen molar-refractivity contribution in [1.29, 1.82) is 5.26 Å². The number of hydrogen-bond acceptors (Lipinski definition) is 9. The summed E-state index contributed by atoms with van der Waals surface area (Å²) in [6.45, 7) is 3.03. The number of aromatic nitrogens is 2. The first kappa shape index (κ1) is 22.7. The zero-order valence-electron chi connectivity index (χ0n) is 16.6. The zero-order valence-corrected chi connectivity index (χ0v) is 19.1. The van der Waals surface area contributed by atoms with Crippen molar-refractivity contribution in [3.05, 3.63) is 59.4 Å². The lowest BCUT2D eigenvalue weighted by Crippen LogP contribution is -2.16. The highest BCUT2D eigenvalue weighted by atomic mass is 32.2. The molecule has 0 unspecified atom stereocenters. The van der Waals surface area contributed by atoms with Gasteiger partial charge in [0, 0.05) is 23.4 Å². The van der Waals surface area contributed by atoms with Crippen LogP contribution in [0.3, 0.4) is 0 Å². The molecule has 0 spiro atoms. The largest absolute Gasteiger partial charge is 0.450 e. The second-order valence-electron chi connectivity index (χ2n) is 6.53. The highest BCUT2D eigenvalue weighted by Gasteiger charge is 2.25. The molecule has 0 saturated heterocycles. The number of furan rings is 1. The van der Waals surface area contributed by atoms with Gasteiger partial charge in [0.05, 0.1) is 5.25 Å². The Labute approximate surface area is 188 Å². The molecular formula is C20H18N4O4S3. The predicted octanol–water partition coefficient (Wildman–Crippen LogP) is 4.15. The van der Waals surface area contributed by atoms with Gasteiger partial charge in [-0.2, -0.15) is 14.6 Å². The number of anilines is 1. The summed E-state index contributed by atoms with van der Waals surface area (Å²) in [6.07, 6.45) is 1.31. The Morgan fingerprint density at radius 2 is 2.03 bits per heavy atom. The molecule has 1 amide bonds. The number of nitrogens with one attached hydrogen (secondary N) is 1. The molecule has 0 fully saturated rings. The van der Waals surface area contributed by atoms with Gasteiger partial charge in [0.2, 0.25) is 15.0 Å². The second kappa shape index (κ2) is 9.91. The Balaban J connectivity index is 1.67. The topological polar surface area (TPSA) is 126 Å². The van der Waals surface area contributed by atoms with Crippen LogP contribution in [0.4, 0.5) is 5.13 Å². The van der Waals surface area contributed by atoms with E-state index in [-0.39, 0.29) is 15.9 Å². The van der Waals surface area contributed by atoms with Crippen molar-refractivity contribution in [2.75, 3.05) is 5.32 Å². The lowest BCUT2D eigenvalue weighted by molar-refractivity contribution is -0.112. The van der Waals surface area contributed by atoms with Crippen LogP contribution in [-0.2, 0) is 20.4 Å². The standard InChI is InChI=1S/C20H18N4O4S3/c1-13(2)31(26,27)20-23-19(30-24-20)22-18(25)15(11-21)10-16-8-9-17(28-16)29-12-14-6-4-3-5-7-14/h3-10,13H,12H2,1-2H3,(H,22,23,24,25)/b15-10-. The number of hydrogen-bond donors (Lipinski definition) is 1. The van der Waals surface area contributed by atoms with Crippen LogP contribution < -0.4 is 5.32 Å².